The highest BCUT2D eigenvalue weighted by atomic mass is 35.5. The number of carbonyl (C=O) groups is 1. The molecule has 2 aromatic carbocycles. The number of fused-ring (bicyclic) bond motifs is 1. The molecule has 0 saturated heterocycles. The molecule has 9 heteroatoms. The molecule has 1 amide bonds. The Morgan fingerprint density at radius 1 is 1.29 bits per heavy atom. The van der Waals surface area contributed by atoms with Gasteiger partial charge in [0.2, 0.25) is 0 Å². The number of imidazole rings is 1. The molecule has 7 nitrogen and oxygen atoms in total. The van der Waals surface area contributed by atoms with Gasteiger partial charge in [-0.2, -0.15) is 0 Å². The van der Waals surface area contributed by atoms with Crippen molar-refractivity contribution >= 4 is 46.1 Å². The fourth-order valence-corrected chi connectivity index (χ4v) is 3.75. The van der Waals surface area contributed by atoms with Crippen molar-refractivity contribution in [2.75, 3.05) is 11.1 Å². The lowest BCUT2D eigenvalue weighted by Gasteiger charge is -2.13. The molecule has 0 radical (unpaired) electrons. The number of nitrogens with two attached hydrogens (primary N) is 1. The van der Waals surface area contributed by atoms with Crippen LogP contribution in [-0.2, 0) is 4.79 Å². The van der Waals surface area contributed by atoms with Crippen molar-refractivity contribution in [1.29, 1.82) is 0 Å². The van der Waals surface area contributed by atoms with Crippen molar-refractivity contribution < 1.29 is 14.0 Å². The van der Waals surface area contributed by atoms with Crippen LogP contribution in [0.1, 0.15) is 27.2 Å². The minimum absolute atomic E-state index is 0.0608. The quantitative estimate of drug-likeness (QED) is 0.415. The van der Waals surface area contributed by atoms with Gasteiger partial charge >= 0.3 is 0 Å². The molecule has 0 aliphatic heterocycles. The second-order valence-electron chi connectivity index (χ2n) is 6.91. The van der Waals surface area contributed by atoms with Crippen molar-refractivity contribution in [1.82, 2.24) is 14.4 Å². The summed E-state index contributed by atoms with van der Waals surface area (Å²) in [7, 11) is 0. The lowest BCUT2D eigenvalue weighted by molar-refractivity contribution is -0.124. The first-order valence-corrected chi connectivity index (χ1v) is 9.91. The van der Waals surface area contributed by atoms with E-state index in [0.717, 1.165) is 0 Å². The number of aromatic nitrogens is 3. The van der Waals surface area contributed by atoms with Crippen LogP contribution in [0.4, 0.5) is 11.5 Å². The summed E-state index contributed by atoms with van der Waals surface area (Å²) in [6.07, 6.45) is -0.146. The number of rotatable bonds is 4. The number of benzene rings is 2. The van der Waals surface area contributed by atoms with Gasteiger partial charge in [-0.3, -0.25) is 9.20 Å². The Morgan fingerprint density at radius 3 is 2.81 bits per heavy atom. The lowest BCUT2D eigenvalue weighted by Crippen LogP contribution is -2.20. The summed E-state index contributed by atoms with van der Waals surface area (Å²) in [5.41, 5.74) is 8.67. The molecule has 158 valence electrons. The predicted octanol–water partition coefficient (Wildman–Crippen LogP) is 4.57. The average Bonchev–Trinajstić information content (AvgIpc) is 3.18. The third-order valence-corrected chi connectivity index (χ3v) is 5.31. The number of aliphatic hydroxyl groups excluding tert-OH is 1. The van der Waals surface area contributed by atoms with E-state index in [-0.39, 0.29) is 22.3 Å². The molecule has 0 unspecified atom stereocenters. The SMILES string of the molecule is [2H]C([2H])([2H])c1nc(-c2ccc(NC(=O)[C@@H](O)c3cccc(Cl)c3)cc2C)c2c(N)ncc(Cl)n12. The van der Waals surface area contributed by atoms with E-state index in [9.17, 15) is 9.90 Å². The first kappa shape index (κ1) is 17.5. The van der Waals surface area contributed by atoms with Gasteiger partial charge in [0.25, 0.3) is 5.91 Å². The first-order chi connectivity index (χ1) is 16.0. The Hall–Kier alpha value is -3.13. The van der Waals surface area contributed by atoms with Crippen LogP contribution in [0.25, 0.3) is 16.8 Å². The maximum absolute atomic E-state index is 12.5. The van der Waals surface area contributed by atoms with Crippen LogP contribution >= 0.6 is 23.2 Å². The van der Waals surface area contributed by atoms with E-state index in [1.807, 2.05) is 0 Å². The highest BCUT2D eigenvalue weighted by molar-refractivity contribution is 6.30. The van der Waals surface area contributed by atoms with E-state index < -0.39 is 18.9 Å². The van der Waals surface area contributed by atoms with Crippen molar-refractivity contribution in [3.8, 4) is 11.3 Å². The molecule has 4 aromatic rings. The van der Waals surface area contributed by atoms with Crippen molar-refractivity contribution in [3.05, 3.63) is 75.8 Å². The number of amides is 1. The van der Waals surface area contributed by atoms with E-state index in [0.29, 0.717) is 33.1 Å². The molecule has 31 heavy (non-hydrogen) atoms. The van der Waals surface area contributed by atoms with E-state index in [2.05, 4.69) is 15.3 Å². The van der Waals surface area contributed by atoms with Crippen molar-refractivity contribution in [3.63, 3.8) is 0 Å². The van der Waals surface area contributed by atoms with Crippen LogP contribution in [-0.4, -0.2) is 25.4 Å². The van der Waals surface area contributed by atoms with E-state index >= 15 is 0 Å². The number of anilines is 2. The van der Waals surface area contributed by atoms with Gasteiger partial charge < -0.3 is 16.2 Å². The second kappa shape index (κ2) is 8.19. The maximum Gasteiger partial charge on any atom is 0.257 e. The number of nitrogens with zero attached hydrogens (tertiary/aromatic N) is 3. The molecular weight excluding hydrogens is 437 g/mol. The minimum Gasteiger partial charge on any atom is -0.382 e. The zero-order valence-corrected chi connectivity index (χ0v) is 17.7. The average molecular weight is 459 g/mol. The number of nitrogen functional groups attached to an aromatic ring is 1. The fourth-order valence-electron chi connectivity index (χ4n) is 3.34. The molecule has 0 fully saturated rings. The van der Waals surface area contributed by atoms with Crippen LogP contribution in [0.3, 0.4) is 0 Å². The molecule has 2 heterocycles. The number of carbonyl (C=O) groups excluding carboxylic acids is 1. The lowest BCUT2D eigenvalue weighted by atomic mass is 10.0. The summed E-state index contributed by atoms with van der Waals surface area (Å²) >= 11 is 12.2. The largest absolute Gasteiger partial charge is 0.382 e. The van der Waals surface area contributed by atoms with E-state index in [4.69, 9.17) is 33.0 Å². The van der Waals surface area contributed by atoms with Gasteiger partial charge in [-0.1, -0.05) is 41.4 Å². The first-order valence-electron chi connectivity index (χ1n) is 10.7. The topological polar surface area (TPSA) is 106 Å². The number of aliphatic hydroxyl groups is 1. The van der Waals surface area contributed by atoms with Crippen molar-refractivity contribution in [2.24, 2.45) is 0 Å². The summed E-state index contributed by atoms with van der Waals surface area (Å²) in [6, 6.07) is 11.3. The Balaban J connectivity index is 1.71. The normalized spacial score (nSPS) is 14.0. The summed E-state index contributed by atoms with van der Waals surface area (Å²) < 4.78 is 24.8. The highest BCUT2D eigenvalue weighted by Crippen LogP contribution is 2.33. The Kier molecular flexibility index (Phi) is 4.63. The van der Waals surface area contributed by atoms with Gasteiger partial charge in [0.1, 0.15) is 28.0 Å². The summed E-state index contributed by atoms with van der Waals surface area (Å²) in [5, 5.41) is 13.5. The molecule has 1 atom stereocenters. The number of hydrogen-bond acceptors (Lipinski definition) is 5. The van der Waals surface area contributed by atoms with Gasteiger partial charge in [-0.25, -0.2) is 9.97 Å². The molecule has 0 saturated carbocycles. The van der Waals surface area contributed by atoms with Crippen LogP contribution in [0, 0.1) is 13.8 Å². The monoisotopic (exact) mass is 458 g/mol. The molecule has 0 aliphatic carbocycles. The maximum atomic E-state index is 12.5. The molecule has 4 rings (SSSR count). The number of aryl methyl sites for hydroxylation is 2. The summed E-state index contributed by atoms with van der Waals surface area (Å²) in [4.78, 5) is 20.9. The third kappa shape index (κ3) is 3.95. The Bertz CT molecular complexity index is 1420. The van der Waals surface area contributed by atoms with Crippen LogP contribution in [0.2, 0.25) is 10.2 Å². The standard InChI is InChI=1S/C22H19Cl2N5O2/c1-11-8-15(28-22(31)20(30)13-4-3-5-14(23)9-13)6-7-16(11)18-19-21(25)26-10-17(24)29(19)12(2)27-18/h3-10,20,30H,1-2H3,(H2,25,26)(H,28,31)/t20-/m0/s1/i2D3. The Morgan fingerprint density at radius 2 is 2.10 bits per heavy atom. The number of hydrogen-bond donors (Lipinski definition) is 3. The fraction of sp³-hybridized carbons (Fsp3) is 0.136. The van der Waals surface area contributed by atoms with Gasteiger partial charge in [0, 0.05) is 20.4 Å². The predicted molar refractivity (Wildman–Crippen MR) is 122 cm³/mol. The van der Waals surface area contributed by atoms with Crippen molar-refractivity contribution in [2.45, 2.75) is 19.9 Å². The van der Waals surface area contributed by atoms with E-state index in [1.165, 1.54) is 16.7 Å². The summed E-state index contributed by atoms with van der Waals surface area (Å²) in [6.45, 7) is -0.774. The molecule has 4 N–H and O–H groups in total. The number of nitrogens with one attached hydrogen (secondary N) is 1. The van der Waals surface area contributed by atoms with Gasteiger partial charge in [-0.15, -0.1) is 0 Å². The van der Waals surface area contributed by atoms with Crippen LogP contribution in [0.15, 0.2) is 48.7 Å². The van der Waals surface area contributed by atoms with Gasteiger partial charge in [-0.05, 0) is 49.2 Å². The zero-order chi connectivity index (χ0) is 24.8. The van der Waals surface area contributed by atoms with Crippen LogP contribution in [0.5, 0.6) is 0 Å². The minimum atomic E-state index is -2.54. The molecule has 0 spiro atoms. The Labute approximate surface area is 192 Å². The zero-order valence-electron chi connectivity index (χ0n) is 19.2. The molecular formula is C22H19Cl2N5O2. The highest BCUT2D eigenvalue weighted by Gasteiger charge is 2.20. The number of halogens is 2. The van der Waals surface area contributed by atoms with Gasteiger partial charge in [0.15, 0.2) is 6.10 Å². The smallest absolute Gasteiger partial charge is 0.257 e. The molecule has 0 aliphatic rings. The second-order valence-corrected chi connectivity index (χ2v) is 7.73. The van der Waals surface area contributed by atoms with Gasteiger partial charge in [0.05, 0.1) is 6.20 Å². The molecule has 2 aromatic heterocycles. The molecule has 0 bridgehead atoms. The van der Waals surface area contributed by atoms with E-state index in [1.54, 1.807) is 43.3 Å². The van der Waals surface area contributed by atoms with Crippen LogP contribution < -0.4 is 11.1 Å². The summed E-state index contributed by atoms with van der Waals surface area (Å²) in [5.74, 6) is -0.798. The third-order valence-electron chi connectivity index (χ3n) is 4.81.